The van der Waals surface area contributed by atoms with Crippen LogP contribution in [0.15, 0.2) is 36.4 Å². The highest BCUT2D eigenvalue weighted by atomic mass is 35.5. The zero-order valence-electron chi connectivity index (χ0n) is 15.8. The molecule has 0 atom stereocenters. The molecule has 7 heteroatoms. The van der Waals surface area contributed by atoms with E-state index < -0.39 is 0 Å². The van der Waals surface area contributed by atoms with Crippen molar-refractivity contribution in [1.82, 2.24) is 5.32 Å². The third-order valence-corrected chi connectivity index (χ3v) is 4.34. The maximum atomic E-state index is 12.6. The predicted molar refractivity (Wildman–Crippen MR) is 106 cm³/mol. The number of anilines is 1. The molecular formula is C20H23ClN2O4. The highest BCUT2D eigenvalue weighted by molar-refractivity contribution is 6.30. The van der Waals surface area contributed by atoms with E-state index in [0.29, 0.717) is 28.6 Å². The number of nitrogens with zero attached hydrogens (tertiary/aromatic N) is 1. The summed E-state index contributed by atoms with van der Waals surface area (Å²) in [5.41, 5.74) is 1.96. The summed E-state index contributed by atoms with van der Waals surface area (Å²) in [6.45, 7) is 3.96. The average Bonchev–Trinajstić information content (AvgIpc) is 2.64. The fourth-order valence-electron chi connectivity index (χ4n) is 2.81. The third kappa shape index (κ3) is 4.92. The number of carbonyl (C=O) groups is 2. The quantitative estimate of drug-likeness (QED) is 0.786. The molecule has 2 rings (SSSR count). The number of aryl methyl sites for hydroxylation is 1. The van der Waals surface area contributed by atoms with E-state index in [0.717, 1.165) is 11.3 Å². The van der Waals surface area contributed by atoms with Gasteiger partial charge in [0.2, 0.25) is 5.91 Å². The minimum atomic E-state index is -0.333. The lowest BCUT2D eigenvalue weighted by Crippen LogP contribution is -2.38. The second-order valence-corrected chi connectivity index (χ2v) is 6.33. The predicted octanol–water partition coefficient (Wildman–Crippen LogP) is 3.45. The van der Waals surface area contributed by atoms with Gasteiger partial charge in [-0.3, -0.25) is 9.59 Å². The molecule has 0 unspecified atom stereocenters. The van der Waals surface area contributed by atoms with Crippen molar-refractivity contribution in [3.63, 3.8) is 0 Å². The zero-order chi connectivity index (χ0) is 20.0. The van der Waals surface area contributed by atoms with Crippen LogP contribution in [0.3, 0.4) is 0 Å². The Bertz CT molecular complexity index is 816. The van der Waals surface area contributed by atoms with Gasteiger partial charge in [0.25, 0.3) is 5.91 Å². The Hall–Kier alpha value is -2.73. The molecule has 0 bridgehead atoms. The average molecular weight is 391 g/mol. The second-order valence-electron chi connectivity index (χ2n) is 5.89. The number of methoxy groups -OCH3 is 2. The summed E-state index contributed by atoms with van der Waals surface area (Å²) in [5, 5.41) is 3.42. The molecule has 2 aromatic rings. The summed E-state index contributed by atoms with van der Waals surface area (Å²) >= 11 is 5.99. The van der Waals surface area contributed by atoms with Crippen LogP contribution in [0.1, 0.15) is 22.8 Å². The first kappa shape index (κ1) is 20.6. The Balaban J connectivity index is 2.12. The normalized spacial score (nSPS) is 10.3. The Kier molecular flexibility index (Phi) is 7.07. The summed E-state index contributed by atoms with van der Waals surface area (Å²) in [4.78, 5) is 26.3. The van der Waals surface area contributed by atoms with Gasteiger partial charge in [0.1, 0.15) is 17.1 Å². The number of benzene rings is 2. The van der Waals surface area contributed by atoms with E-state index in [1.165, 1.54) is 21.1 Å². The number of hydrogen-bond donors (Lipinski definition) is 1. The fraction of sp³-hybridized carbons (Fsp3) is 0.300. The summed E-state index contributed by atoms with van der Waals surface area (Å²) in [6, 6.07) is 10.5. The van der Waals surface area contributed by atoms with Gasteiger partial charge < -0.3 is 19.7 Å². The van der Waals surface area contributed by atoms with E-state index in [2.05, 4.69) is 5.32 Å². The standard InChI is InChI=1S/C20H23ClN2O4/c1-13-12-15(21)8-9-16(13)23(14(2)24)11-10-22-20(25)19-17(26-3)6-5-7-18(19)27-4/h5-9,12H,10-11H2,1-4H3,(H,22,25). The van der Waals surface area contributed by atoms with Crippen molar-refractivity contribution < 1.29 is 19.1 Å². The van der Waals surface area contributed by atoms with Crippen molar-refractivity contribution in [3.8, 4) is 11.5 Å². The van der Waals surface area contributed by atoms with Crippen LogP contribution in [-0.2, 0) is 4.79 Å². The maximum absolute atomic E-state index is 12.6. The van der Waals surface area contributed by atoms with Gasteiger partial charge in [0.05, 0.1) is 14.2 Å². The number of rotatable bonds is 7. The molecule has 2 amide bonds. The smallest absolute Gasteiger partial charge is 0.258 e. The van der Waals surface area contributed by atoms with Crippen molar-refractivity contribution in [1.29, 1.82) is 0 Å². The summed E-state index contributed by atoms with van der Waals surface area (Å²) in [5.74, 6) is 0.387. The van der Waals surface area contributed by atoms with Crippen LogP contribution in [0, 0.1) is 6.92 Å². The van der Waals surface area contributed by atoms with Crippen LogP contribution < -0.4 is 19.7 Å². The fourth-order valence-corrected chi connectivity index (χ4v) is 3.04. The second kappa shape index (κ2) is 9.28. The van der Waals surface area contributed by atoms with Gasteiger partial charge in [-0.2, -0.15) is 0 Å². The summed E-state index contributed by atoms with van der Waals surface area (Å²) in [7, 11) is 2.98. The monoisotopic (exact) mass is 390 g/mol. The van der Waals surface area contributed by atoms with Crippen molar-refractivity contribution in [2.75, 3.05) is 32.2 Å². The van der Waals surface area contributed by atoms with Crippen molar-refractivity contribution >= 4 is 29.1 Å². The highest BCUT2D eigenvalue weighted by Gasteiger charge is 2.19. The molecule has 6 nitrogen and oxygen atoms in total. The molecular weight excluding hydrogens is 368 g/mol. The van der Waals surface area contributed by atoms with E-state index in [4.69, 9.17) is 21.1 Å². The SMILES string of the molecule is COc1cccc(OC)c1C(=O)NCCN(C(C)=O)c1ccc(Cl)cc1C. The van der Waals surface area contributed by atoms with E-state index in [9.17, 15) is 9.59 Å². The lowest BCUT2D eigenvalue weighted by Gasteiger charge is -2.23. The first-order valence-electron chi connectivity index (χ1n) is 8.42. The van der Waals surface area contributed by atoms with Crippen LogP contribution in [-0.4, -0.2) is 39.1 Å². The van der Waals surface area contributed by atoms with Gasteiger partial charge in [-0.05, 0) is 42.8 Å². The van der Waals surface area contributed by atoms with E-state index in [-0.39, 0.29) is 18.4 Å². The number of nitrogens with one attached hydrogen (secondary N) is 1. The van der Waals surface area contributed by atoms with Crippen molar-refractivity contribution in [3.05, 3.63) is 52.5 Å². The molecule has 2 aromatic carbocycles. The molecule has 0 radical (unpaired) electrons. The Morgan fingerprint density at radius 2 is 1.74 bits per heavy atom. The minimum Gasteiger partial charge on any atom is -0.496 e. The van der Waals surface area contributed by atoms with Crippen LogP contribution in [0.2, 0.25) is 5.02 Å². The molecule has 0 saturated heterocycles. The molecule has 0 heterocycles. The molecule has 27 heavy (non-hydrogen) atoms. The topological polar surface area (TPSA) is 67.9 Å². The van der Waals surface area contributed by atoms with Crippen molar-refractivity contribution in [2.24, 2.45) is 0 Å². The maximum Gasteiger partial charge on any atom is 0.258 e. The van der Waals surface area contributed by atoms with Crippen LogP contribution in [0.25, 0.3) is 0 Å². The van der Waals surface area contributed by atoms with Gasteiger partial charge in [0.15, 0.2) is 0 Å². The van der Waals surface area contributed by atoms with E-state index in [1.807, 2.05) is 6.92 Å². The zero-order valence-corrected chi connectivity index (χ0v) is 16.6. The summed E-state index contributed by atoms with van der Waals surface area (Å²) in [6.07, 6.45) is 0. The number of amides is 2. The molecule has 144 valence electrons. The molecule has 0 aliphatic heterocycles. The largest absolute Gasteiger partial charge is 0.496 e. The van der Waals surface area contributed by atoms with E-state index >= 15 is 0 Å². The van der Waals surface area contributed by atoms with Gasteiger partial charge in [-0.15, -0.1) is 0 Å². The molecule has 0 spiro atoms. The number of carbonyl (C=O) groups excluding carboxylic acids is 2. The Morgan fingerprint density at radius 1 is 1.11 bits per heavy atom. The molecule has 0 aromatic heterocycles. The number of hydrogen-bond acceptors (Lipinski definition) is 4. The molecule has 0 aliphatic carbocycles. The highest BCUT2D eigenvalue weighted by Crippen LogP contribution is 2.28. The number of ether oxygens (including phenoxy) is 2. The van der Waals surface area contributed by atoms with Gasteiger partial charge in [-0.1, -0.05) is 17.7 Å². The van der Waals surface area contributed by atoms with Crippen LogP contribution in [0.5, 0.6) is 11.5 Å². The molecule has 0 fully saturated rings. The van der Waals surface area contributed by atoms with E-state index in [1.54, 1.807) is 41.3 Å². The van der Waals surface area contributed by atoms with Crippen molar-refractivity contribution in [2.45, 2.75) is 13.8 Å². The Labute approximate surface area is 164 Å². The van der Waals surface area contributed by atoms with Crippen LogP contribution >= 0.6 is 11.6 Å². The van der Waals surface area contributed by atoms with Gasteiger partial charge >= 0.3 is 0 Å². The lowest BCUT2D eigenvalue weighted by atomic mass is 10.1. The Morgan fingerprint density at radius 3 is 2.26 bits per heavy atom. The molecule has 0 aliphatic rings. The van der Waals surface area contributed by atoms with Gasteiger partial charge in [0, 0.05) is 30.7 Å². The minimum absolute atomic E-state index is 0.121. The summed E-state index contributed by atoms with van der Waals surface area (Å²) < 4.78 is 10.5. The molecule has 1 N–H and O–H groups in total. The number of halogens is 1. The third-order valence-electron chi connectivity index (χ3n) is 4.11. The first-order chi connectivity index (χ1) is 12.9. The molecule has 0 saturated carbocycles. The van der Waals surface area contributed by atoms with Crippen LogP contribution in [0.4, 0.5) is 5.69 Å². The lowest BCUT2D eigenvalue weighted by molar-refractivity contribution is -0.116. The van der Waals surface area contributed by atoms with Gasteiger partial charge in [-0.25, -0.2) is 0 Å². The first-order valence-corrected chi connectivity index (χ1v) is 8.80.